The number of ether oxygens (including phenoxy) is 1. The Bertz CT molecular complexity index is 1170. The summed E-state index contributed by atoms with van der Waals surface area (Å²) in [6.45, 7) is 4.78. The Balaban J connectivity index is 1.73. The third-order valence-electron chi connectivity index (χ3n) is 4.94. The van der Waals surface area contributed by atoms with Gasteiger partial charge in [0.05, 0.1) is 17.2 Å². The van der Waals surface area contributed by atoms with Crippen LogP contribution in [0.2, 0.25) is 0 Å². The molecule has 0 unspecified atom stereocenters. The first-order valence-corrected chi connectivity index (χ1v) is 12.2. The van der Waals surface area contributed by atoms with Gasteiger partial charge in [0.1, 0.15) is 10.6 Å². The van der Waals surface area contributed by atoms with E-state index in [0.29, 0.717) is 18.2 Å². The lowest BCUT2D eigenvalue weighted by Gasteiger charge is -2.24. The molecule has 1 aromatic heterocycles. The molecule has 1 amide bonds. The summed E-state index contributed by atoms with van der Waals surface area (Å²) < 4.78 is 32.1. The number of benzene rings is 2. The van der Waals surface area contributed by atoms with Crippen LogP contribution in [-0.2, 0) is 14.6 Å². The Morgan fingerprint density at radius 1 is 1.13 bits per heavy atom. The van der Waals surface area contributed by atoms with Crippen molar-refractivity contribution in [2.45, 2.75) is 36.0 Å². The normalized spacial score (nSPS) is 16.2. The first-order valence-electron chi connectivity index (χ1n) is 9.80. The molecule has 4 rings (SSSR count). The van der Waals surface area contributed by atoms with Crippen LogP contribution >= 0.6 is 11.3 Å². The fourth-order valence-electron chi connectivity index (χ4n) is 3.48. The molecule has 0 saturated heterocycles. The zero-order valence-electron chi connectivity index (χ0n) is 16.8. The SMILES string of the molecule is CC(C)COc1cccc([C@H]2CC(=O)Nc3c(S(=O)(=O)c4ccccc4)csc32)c1. The molecular formula is C23H23NO4S2. The molecule has 1 N–H and O–H groups in total. The maximum absolute atomic E-state index is 13.2. The molecule has 5 nitrogen and oxygen atoms in total. The molecule has 0 saturated carbocycles. The molecule has 156 valence electrons. The van der Waals surface area contributed by atoms with E-state index in [2.05, 4.69) is 19.2 Å². The Morgan fingerprint density at radius 3 is 2.63 bits per heavy atom. The second-order valence-corrected chi connectivity index (χ2v) is 10.6. The molecule has 0 fully saturated rings. The van der Waals surface area contributed by atoms with E-state index in [4.69, 9.17) is 4.74 Å². The zero-order chi connectivity index (χ0) is 21.3. The van der Waals surface area contributed by atoms with Gasteiger partial charge in [-0.3, -0.25) is 4.79 Å². The third kappa shape index (κ3) is 4.00. The summed E-state index contributed by atoms with van der Waals surface area (Å²) in [5, 5.41) is 4.43. The second kappa shape index (κ2) is 8.24. The number of fused-ring (bicyclic) bond motifs is 1. The van der Waals surface area contributed by atoms with Gasteiger partial charge in [0.15, 0.2) is 0 Å². The quantitative estimate of drug-likeness (QED) is 0.578. The fourth-order valence-corrected chi connectivity index (χ4v) is 6.41. The molecule has 0 aliphatic carbocycles. The van der Waals surface area contributed by atoms with Crippen molar-refractivity contribution in [2.24, 2.45) is 5.92 Å². The van der Waals surface area contributed by atoms with Gasteiger partial charge in [-0.05, 0) is 35.7 Å². The summed E-state index contributed by atoms with van der Waals surface area (Å²) in [7, 11) is -3.72. The maximum Gasteiger partial charge on any atom is 0.225 e. The highest BCUT2D eigenvalue weighted by molar-refractivity contribution is 7.91. The highest BCUT2D eigenvalue weighted by Crippen LogP contribution is 2.46. The summed E-state index contributed by atoms with van der Waals surface area (Å²) in [6, 6.07) is 16.0. The van der Waals surface area contributed by atoms with E-state index in [9.17, 15) is 13.2 Å². The molecule has 30 heavy (non-hydrogen) atoms. The molecule has 0 bridgehead atoms. The number of hydrogen-bond acceptors (Lipinski definition) is 5. The van der Waals surface area contributed by atoms with Crippen molar-refractivity contribution in [2.75, 3.05) is 11.9 Å². The summed E-state index contributed by atoms with van der Waals surface area (Å²) >= 11 is 1.37. The van der Waals surface area contributed by atoms with Crippen LogP contribution in [0.5, 0.6) is 5.75 Å². The highest BCUT2D eigenvalue weighted by Gasteiger charge is 2.34. The van der Waals surface area contributed by atoms with Crippen molar-refractivity contribution >= 4 is 32.8 Å². The third-order valence-corrected chi connectivity index (χ3v) is 7.98. The van der Waals surface area contributed by atoms with Gasteiger partial charge in [-0.1, -0.05) is 44.2 Å². The van der Waals surface area contributed by atoms with E-state index in [-0.39, 0.29) is 28.0 Å². The Labute approximate surface area is 180 Å². The van der Waals surface area contributed by atoms with Crippen molar-refractivity contribution in [3.63, 3.8) is 0 Å². The number of nitrogens with one attached hydrogen (secondary N) is 1. The van der Waals surface area contributed by atoms with E-state index < -0.39 is 9.84 Å². The van der Waals surface area contributed by atoms with Gasteiger partial charge in [-0.2, -0.15) is 0 Å². The van der Waals surface area contributed by atoms with Crippen molar-refractivity contribution < 1.29 is 17.9 Å². The van der Waals surface area contributed by atoms with Gasteiger partial charge in [-0.15, -0.1) is 11.3 Å². The topological polar surface area (TPSA) is 72.5 Å². The van der Waals surface area contributed by atoms with Crippen LogP contribution in [0.1, 0.15) is 36.6 Å². The van der Waals surface area contributed by atoms with Gasteiger partial charge in [-0.25, -0.2) is 8.42 Å². The van der Waals surface area contributed by atoms with Gasteiger partial charge in [0.2, 0.25) is 15.7 Å². The van der Waals surface area contributed by atoms with Gasteiger partial charge in [0, 0.05) is 22.6 Å². The summed E-state index contributed by atoms with van der Waals surface area (Å²) in [5.41, 5.74) is 1.34. The van der Waals surface area contributed by atoms with Crippen molar-refractivity contribution in [3.8, 4) is 5.75 Å². The fraction of sp³-hybridized carbons (Fsp3) is 0.261. The average Bonchev–Trinajstić information content (AvgIpc) is 3.17. The monoisotopic (exact) mass is 441 g/mol. The number of rotatable bonds is 6. The average molecular weight is 442 g/mol. The number of amides is 1. The molecule has 1 atom stereocenters. The van der Waals surface area contributed by atoms with Crippen LogP contribution in [0.4, 0.5) is 5.69 Å². The van der Waals surface area contributed by atoms with Crippen LogP contribution in [-0.4, -0.2) is 20.9 Å². The molecule has 2 aromatic carbocycles. The number of hydrogen-bond donors (Lipinski definition) is 1. The molecule has 1 aliphatic rings. The van der Waals surface area contributed by atoms with Crippen LogP contribution in [0.25, 0.3) is 0 Å². The van der Waals surface area contributed by atoms with Crippen LogP contribution < -0.4 is 10.1 Å². The van der Waals surface area contributed by atoms with Crippen molar-refractivity contribution in [1.82, 2.24) is 0 Å². The number of thiophene rings is 1. The number of sulfone groups is 1. The van der Waals surface area contributed by atoms with Crippen LogP contribution in [0, 0.1) is 5.92 Å². The largest absolute Gasteiger partial charge is 0.493 e. The summed E-state index contributed by atoms with van der Waals surface area (Å²) in [5.74, 6) is 0.760. The lowest BCUT2D eigenvalue weighted by atomic mass is 9.90. The first kappa shape index (κ1) is 20.6. The summed E-state index contributed by atoms with van der Waals surface area (Å²) in [4.78, 5) is 13.7. The Kier molecular flexibility index (Phi) is 5.66. The van der Waals surface area contributed by atoms with Gasteiger partial charge < -0.3 is 10.1 Å². The zero-order valence-corrected chi connectivity index (χ0v) is 18.4. The number of carbonyl (C=O) groups excluding carboxylic acids is 1. The highest BCUT2D eigenvalue weighted by atomic mass is 32.2. The summed E-state index contributed by atoms with van der Waals surface area (Å²) in [6.07, 6.45) is 0.270. The Hall–Kier alpha value is -2.64. The molecule has 0 radical (unpaired) electrons. The minimum Gasteiger partial charge on any atom is -0.493 e. The van der Waals surface area contributed by atoms with Crippen molar-refractivity contribution in [1.29, 1.82) is 0 Å². The molecule has 1 aliphatic heterocycles. The predicted molar refractivity (Wildman–Crippen MR) is 118 cm³/mol. The lowest BCUT2D eigenvalue weighted by molar-refractivity contribution is -0.116. The van der Waals surface area contributed by atoms with E-state index in [0.717, 1.165) is 16.2 Å². The van der Waals surface area contributed by atoms with E-state index in [1.54, 1.807) is 35.7 Å². The van der Waals surface area contributed by atoms with Crippen LogP contribution in [0.3, 0.4) is 0 Å². The van der Waals surface area contributed by atoms with E-state index in [1.807, 2.05) is 24.3 Å². The Morgan fingerprint density at radius 2 is 1.90 bits per heavy atom. The predicted octanol–water partition coefficient (Wildman–Crippen LogP) is 5.09. The van der Waals surface area contributed by atoms with Crippen molar-refractivity contribution in [3.05, 3.63) is 70.4 Å². The molecule has 3 aromatic rings. The minimum absolute atomic E-state index is 0.152. The second-order valence-electron chi connectivity index (χ2n) is 7.74. The molecular weight excluding hydrogens is 418 g/mol. The molecule has 7 heteroatoms. The molecule has 2 heterocycles. The van der Waals surface area contributed by atoms with Gasteiger partial charge in [0.25, 0.3) is 0 Å². The number of carbonyl (C=O) groups is 1. The van der Waals surface area contributed by atoms with Crippen LogP contribution in [0.15, 0.2) is 69.8 Å². The van der Waals surface area contributed by atoms with E-state index >= 15 is 0 Å². The minimum atomic E-state index is -3.72. The number of anilines is 1. The first-order chi connectivity index (χ1) is 14.4. The lowest BCUT2D eigenvalue weighted by Crippen LogP contribution is -2.23. The van der Waals surface area contributed by atoms with Gasteiger partial charge >= 0.3 is 0 Å². The standard InChI is InChI=1S/C23H23NO4S2/c1-15(2)13-28-17-8-6-7-16(11-17)19-12-21(25)24-22-20(14-29-23(19)22)30(26,27)18-9-4-3-5-10-18/h3-11,14-15,19H,12-13H2,1-2H3,(H,24,25)/t19-/m1/s1. The van der Waals surface area contributed by atoms with E-state index in [1.165, 1.54) is 11.3 Å². The molecule has 0 spiro atoms. The maximum atomic E-state index is 13.2. The smallest absolute Gasteiger partial charge is 0.225 e.